The Labute approximate surface area is 165 Å². The Kier molecular flexibility index (Phi) is 6.33. The summed E-state index contributed by atoms with van der Waals surface area (Å²) in [6.07, 6.45) is 3.04. The van der Waals surface area contributed by atoms with Gasteiger partial charge in [-0.2, -0.15) is 5.10 Å². The highest BCUT2D eigenvalue weighted by molar-refractivity contribution is 7.10. The number of amides is 2. The van der Waals surface area contributed by atoms with Gasteiger partial charge in [-0.05, 0) is 59.5 Å². The number of phenolic OH excluding ortho intramolecular Hbond substituents is 1. The predicted octanol–water partition coefficient (Wildman–Crippen LogP) is 3.37. The number of hydrogen-bond donors (Lipinski definition) is 3. The molecule has 140 valence electrons. The van der Waals surface area contributed by atoms with Crippen LogP contribution in [0.25, 0.3) is 6.08 Å². The molecule has 3 aromatic rings. The van der Waals surface area contributed by atoms with Gasteiger partial charge in [0.25, 0.3) is 11.8 Å². The van der Waals surface area contributed by atoms with Crippen molar-refractivity contribution >= 4 is 35.4 Å². The number of nitrogens with zero attached hydrogens (tertiary/aromatic N) is 1. The lowest BCUT2D eigenvalue weighted by atomic mass is 10.2. The number of carbonyl (C=O) groups excluding carboxylic acids is 2. The number of rotatable bonds is 6. The zero-order chi connectivity index (χ0) is 19.8. The monoisotopic (exact) mass is 391 g/mol. The lowest BCUT2D eigenvalue weighted by Crippen LogP contribution is -2.32. The van der Waals surface area contributed by atoms with E-state index in [0.717, 1.165) is 4.88 Å². The van der Waals surface area contributed by atoms with Crippen LogP contribution in [0.2, 0.25) is 0 Å². The molecule has 0 radical (unpaired) electrons. The quantitative estimate of drug-likeness (QED) is 0.342. The molecule has 0 atom stereocenters. The van der Waals surface area contributed by atoms with Crippen molar-refractivity contribution in [3.63, 3.8) is 0 Å². The standard InChI is InChI=1S/C21H17N3O3S/c25-17-10-8-15(9-11-17)14-22-24-21(27)19(13-18-7-4-12-28-18)23-20(26)16-5-2-1-3-6-16/h1-14,25H,(H,23,26)(H,24,27)/b19-13+,22-14-. The number of thiophene rings is 1. The summed E-state index contributed by atoms with van der Waals surface area (Å²) in [6.45, 7) is 0. The SMILES string of the molecule is O=C(N/N=C\c1ccc(O)cc1)/C(=C\c1cccs1)NC(=O)c1ccccc1. The first kappa shape index (κ1) is 19.1. The summed E-state index contributed by atoms with van der Waals surface area (Å²) in [5, 5.41) is 17.7. The Morgan fingerprint density at radius 2 is 1.71 bits per heavy atom. The van der Waals surface area contributed by atoms with E-state index in [2.05, 4.69) is 15.8 Å². The molecule has 7 heteroatoms. The number of phenols is 1. The largest absolute Gasteiger partial charge is 0.508 e. The summed E-state index contributed by atoms with van der Waals surface area (Å²) >= 11 is 1.44. The molecule has 0 fully saturated rings. The van der Waals surface area contributed by atoms with Gasteiger partial charge in [0.15, 0.2) is 0 Å². The first-order valence-corrected chi connectivity index (χ1v) is 9.24. The van der Waals surface area contributed by atoms with Crippen molar-refractivity contribution in [2.45, 2.75) is 0 Å². The van der Waals surface area contributed by atoms with Gasteiger partial charge in [-0.25, -0.2) is 5.43 Å². The maximum atomic E-state index is 12.5. The highest BCUT2D eigenvalue weighted by atomic mass is 32.1. The van der Waals surface area contributed by atoms with Crippen LogP contribution in [-0.4, -0.2) is 23.1 Å². The maximum Gasteiger partial charge on any atom is 0.287 e. The Balaban J connectivity index is 1.73. The molecule has 0 bridgehead atoms. The summed E-state index contributed by atoms with van der Waals surface area (Å²) in [7, 11) is 0. The molecule has 0 aliphatic heterocycles. The van der Waals surface area contributed by atoms with Gasteiger partial charge in [0.05, 0.1) is 6.21 Å². The van der Waals surface area contributed by atoms with E-state index in [0.29, 0.717) is 11.1 Å². The van der Waals surface area contributed by atoms with Crippen LogP contribution in [0.1, 0.15) is 20.8 Å². The summed E-state index contributed by atoms with van der Waals surface area (Å²) in [6, 6.07) is 18.7. The molecule has 3 N–H and O–H groups in total. The van der Waals surface area contributed by atoms with Gasteiger partial charge in [0.1, 0.15) is 11.4 Å². The molecule has 0 aliphatic carbocycles. The van der Waals surface area contributed by atoms with Crippen LogP contribution in [-0.2, 0) is 4.79 Å². The molecular formula is C21H17N3O3S. The van der Waals surface area contributed by atoms with Gasteiger partial charge >= 0.3 is 0 Å². The van der Waals surface area contributed by atoms with E-state index in [1.165, 1.54) is 29.7 Å². The number of carbonyl (C=O) groups is 2. The first-order valence-electron chi connectivity index (χ1n) is 8.36. The molecule has 2 aromatic carbocycles. The Morgan fingerprint density at radius 1 is 0.964 bits per heavy atom. The topological polar surface area (TPSA) is 90.8 Å². The van der Waals surface area contributed by atoms with E-state index in [4.69, 9.17) is 0 Å². The van der Waals surface area contributed by atoms with Crippen molar-refractivity contribution in [1.29, 1.82) is 0 Å². The lowest BCUT2D eigenvalue weighted by Gasteiger charge is -2.08. The number of hydrogen-bond acceptors (Lipinski definition) is 5. The first-order chi connectivity index (χ1) is 13.6. The molecule has 3 rings (SSSR count). The van der Waals surface area contributed by atoms with Gasteiger partial charge < -0.3 is 10.4 Å². The van der Waals surface area contributed by atoms with E-state index >= 15 is 0 Å². The minimum Gasteiger partial charge on any atom is -0.508 e. The summed E-state index contributed by atoms with van der Waals surface area (Å²) in [5.74, 6) is -0.792. The van der Waals surface area contributed by atoms with Crippen LogP contribution in [0.4, 0.5) is 0 Å². The number of hydrazone groups is 1. The molecule has 0 spiro atoms. The van der Waals surface area contributed by atoms with Crippen molar-refractivity contribution in [1.82, 2.24) is 10.7 Å². The van der Waals surface area contributed by atoms with Gasteiger partial charge in [-0.1, -0.05) is 24.3 Å². The predicted molar refractivity (Wildman–Crippen MR) is 110 cm³/mol. The van der Waals surface area contributed by atoms with Crippen molar-refractivity contribution in [2.24, 2.45) is 5.10 Å². The average molecular weight is 391 g/mol. The highest BCUT2D eigenvalue weighted by Gasteiger charge is 2.14. The number of benzene rings is 2. The van der Waals surface area contributed by atoms with Crippen LogP contribution in [0.3, 0.4) is 0 Å². The molecule has 1 heterocycles. The van der Waals surface area contributed by atoms with E-state index in [1.54, 1.807) is 42.5 Å². The number of nitrogens with one attached hydrogen (secondary N) is 2. The molecule has 0 unspecified atom stereocenters. The molecule has 6 nitrogen and oxygen atoms in total. The summed E-state index contributed by atoms with van der Waals surface area (Å²) in [5.41, 5.74) is 3.64. The molecule has 0 saturated heterocycles. The molecule has 1 aromatic heterocycles. The van der Waals surface area contributed by atoms with Gasteiger partial charge in [-0.3, -0.25) is 9.59 Å². The third-order valence-electron chi connectivity index (χ3n) is 3.63. The van der Waals surface area contributed by atoms with Gasteiger partial charge in [0.2, 0.25) is 0 Å². The van der Waals surface area contributed by atoms with Gasteiger partial charge in [0, 0.05) is 10.4 Å². The smallest absolute Gasteiger partial charge is 0.287 e. The zero-order valence-corrected chi connectivity index (χ0v) is 15.5. The van der Waals surface area contributed by atoms with E-state index in [9.17, 15) is 14.7 Å². The third kappa shape index (κ3) is 5.39. The number of aromatic hydroxyl groups is 1. The summed E-state index contributed by atoms with van der Waals surface area (Å²) < 4.78 is 0. The van der Waals surface area contributed by atoms with Crippen LogP contribution >= 0.6 is 11.3 Å². The van der Waals surface area contributed by atoms with Crippen molar-refractivity contribution in [2.75, 3.05) is 0 Å². The fourth-order valence-electron chi connectivity index (χ4n) is 2.24. The highest BCUT2D eigenvalue weighted by Crippen LogP contribution is 2.13. The Morgan fingerprint density at radius 3 is 2.39 bits per heavy atom. The van der Waals surface area contributed by atoms with E-state index in [-0.39, 0.29) is 17.4 Å². The lowest BCUT2D eigenvalue weighted by molar-refractivity contribution is -0.117. The molecule has 0 aliphatic rings. The van der Waals surface area contributed by atoms with Crippen molar-refractivity contribution < 1.29 is 14.7 Å². The van der Waals surface area contributed by atoms with E-state index in [1.807, 2.05) is 23.6 Å². The second-order valence-corrected chi connectivity index (χ2v) is 6.66. The Hall–Kier alpha value is -3.71. The Bertz CT molecular complexity index is 995. The summed E-state index contributed by atoms with van der Waals surface area (Å²) in [4.78, 5) is 25.8. The third-order valence-corrected chi connectivity index (χ3v) is 4.45. The zero-order valence-electron chi connectivity index (χ0n) is 14.7. The second-order valence-electron chi connectivity index (χ2n) is 5.68. The van der Waals surface area contributed by atoms with E-state index < -0.39 is 5.91 Å². The van der Waals surface area contributed by atoms with Gasteiger partial charge in [-0.15, -0.1) is 11.3 Å². The van der Waals surface area contributed by atoms with Crippen molar-refractivity contribution in [3.8, 4) is 5.75 Å². The minimum atomic E-state index is -0.548. The van der Waals surface area contributed by atoms with Crippen LogP contribution in [0.5, 0.6) is 5.75 Å². The molecule has 2 amide bonds. The van der Waals surface area contributed by atoms with Crippen LogP contribution in [0.15, 0.2) is 82.9 Å². The minimum absolute atomic E-state index is 0.0826. The second kappa shape index (κ2) is 9.29. The fraction of sp³-hybridized carbons (Fsp3) is 0. The normalized spacial score (nSPS) is 11.4. The molecule has 28 heavy (non-hydrogen) atoms. The van der Waals surface area contributed by atoms with Crippen molar-refractivity contribution in [3.05, 3.63) is 93.8 Å². The van der Waals surface area contributed by atoms with Crippen LogP contribution < -0.4 is 10.7 Å². The molecular weight excluding hydrogens is 374 g/mol. The fourth-order valence-corrected chi connectivity index (χ4v) is 2.90. The maximum absolute atomic E-state index is 12.5. The average Bonchev–Trinajstić information content (AvgIpc) is 3.22. The molecule has 0 saturated carbocycles. The van der Waals surface area contributed by atoms with Crippen LogP contribution in [0, 0.1) is 0 Å².